The van der Waals surface area contributed by atoms with Crippen LogP contribution in [0.2, 0.25) is 0 Å². The van der Waals surface area contributed by atoms with Crippen molar-refractivity contribution in [3.8, 4) is 5.75 Å². The second-order valence-electron chi connectivity index (χ2n) is 9.38. The lowest BCUT2D eigenvalue weighted by Gasteiger charge is -2.25. The molecule has 8 heteroatoms. The number of ether oxygens (including phenoxy) is 1. The molecule has 3 N–H and O–H groups in total. The minimum Gasteiger partial charge on any atom is -0.497 e. The molecule has 0 unspecified atom stereocenters. The molecule has 4 aromatic rings. The summed E-state index contributed by atoms with van der Waals surface area (Å²) in [6.45, 7) is 3.48. The molecule has 7 nitrogen and oxygen atoms in total. The lowest BCUT2D eigenvalue weighted by molar-refractivity contribution is -0.127. The Morgan fingerprint density at radius 2 is 1.79 bits per heavy atom. The number of benzene rings is 3. The van der Waals surface area contributed by atoms with E-state index in [1.54, 1.807) is 31.9 Å². The first-order chi connectivity index (χ1) is 18.3. The van der Waals surface area contributed by atoms with Crippen molar-refractivity contribution in [3.63, 3.8) is 0 Å². The summed E-state index contributed by atoms with van der Waals surface area (Å²) in [7, 11) is 1.60. The maximum atomic E-state index is 13.9. The van der Waals surface area contributed by atoms with E-state index in [2.05, 4.69) is 4.98 Å². The molecule has 0 spiro atoms. The van der Waals surface area contributed by atoms with Gasteiger partial charge in [-0.25, -0.2) is 4.90 Å². The number of H-pyrrole nitrogens is 1. The first kappa shape index (κ1) is 27.4. The van der Waals surface area contributed by atoms with Gasteiger partial charge in [-0.1, -0.05) is 30.3 Å². The highest BCUT2D eigenvalue weighted by molar-refractivity contribution is 7.99. The number of nitrogens with zero attached hydrogens (tertiary/aromatic N) is 1. The molecule has 198 valence electrons. The largest absolute Gasteiger partial charge is 0.497 e. The van der Waals surface area contributed by atoms with Crippen molar-refractivity contribution in [2.24, 2.45) is 5.73 Å². The Morgan fingerprint density at radius 3 is 2.53 bits per heavy atom. The monoisotopic (exact) mass is 531 g/mol. The van der Waals surface area contributed by atoms with Crippen LogP contribution in [0.4, 0.5) is 5.69 Å². The lowest BCUT2D eigenvalue weighted by Crippen LogP contribution is -2.48. The van der Waals surface area contributed by atoms with Crippen molar-refractivity contribution in [3.05, 3.63) is 71.9 Å². The fourth-order valence-corrected chi connectivity index (χ4v) is 5.53. The van der Waals surface area contributed by atoms with Crippen LogP contribution in [-0.2, 0) is 20.8 Å². The molecule has 0 fully saturated rings. The molecule has 0 saturated carbocycles. The molecule has 38 heavy (non-hydrogen) atoms. The van der Waals surface area contributed by atoms with Gasteiger partial charge >= 0.3 is 0 Å². The van der Waals surface area contributed by atoms with Gasteiger partial charge in [0.25, 0.3) is 5.91 Å². The van der Waals surface area contributed by atoms with Crippen molar-refractivity contribution in [2.45, 2.75) is 39.2 Å². The Labute approximate surface area is 226 Å². The van der Waals surface area contributed by atoms with E-state index in [0.717, 1.165) is 32.9 Å². The van der Waals surface area contributed by atoms with Gasteiger partial charge in [-0.05, 0) is 72.7 Å². The number of Topliss-reactive ketones (excluding diaryl/α,β-unsaturated/α-hetero) is 1. The standard InChI is InChI=1S/C30H33N3O4S/c1-19(34)12-14-38-15-13-27(31)30(36)33(23-9-8-21-6-4-5-7-22(21)16-23)29(35)18-25-20(2)32-28-11-10-24(37-3)17-26(25)28/h4-11,16-17,27,32H,12-15,18,31H2,1-3H3/t27-/m0/s1. The van der Waals surface area contributed by atoms with Gasteiger partial charge in [-0.2, -0.15) is 11.8 Å². The highest BCUT2D eigenvalue weighted by Crippen LogP contribution is 2.29. The summed E-state index contributed by atoms with van der Waals surface area (Å²) in [5, 5.41) is 2.83. The van der Waals surface area contributed by atoms with Gasteiger partial charge in [-0.15, -0.1) is 0 Å². The number of nitrogens with one attached hydrogen (secondary N) is 1. The number of amides is 2. The molecule has 0 radical (unpaired) electrons. The number of rotatable bonds is 11. The molecule has 1 aromatic heterocycles. The summed E-state index contributed by atoms with van der Waals surface area (Å²) in [5.41, 5.74) is 9.40. The fourth-order valence-electron chi connectivity index (χ4n) is 4.47. The number of imide groups is 1. The predicted molar refractivity (Wildman–Crippen MR) is 155 cm³/mol. The van der Waals surface area contributed by atoms with E-state index < -0.39 is 11.9 Å². The number of aryl methyl sites for hydroxylation is 1. The predicted octanol–water partition coefficient (Wildman–Crippen LogP) is 5.17. The molecular weight excluding hydrogens is 498 g/mol. The van der Waals surface area contributed by atoms with Gasteiger partial charge in [0.05, 0.1) is 25.3 Å². The van der Waals surface area contributed by atoms with Crippen LogP contribution in [-0.4, -0.2) is 47.2 Å². The first-order valence-electron chi connectivity index (χ1n) is 12.6. The zero-order valence-corrected chi connectivity index (χ0v) is 22.8. The molecule has 4 rings (SSSR count). The van der Waals surface area contributed by atoms with E-state index in [9.17, 15) is 14.4 Å². The molecule has 0 bridgehead atoms. The summed E-state index contributed by atoms with van der Waals surface area (Å²) < 4.78 is 5.39. The molecule has 0 aliphatic rings. The Hall–Kier alpha value is -3.62. The summed E-state index contributed by atoms with van der Waals surface area (Å²) in [4.78, 5) is 43.3. The smallest absolute Gasteiger partial charge is 0.250 e. The van der Waals surface area contributed by atoms with Gasteiger partial charge in [0.2, 0.25) is 5.91 Å². The van der Waals surface area contributed by atoms with Crippen molar-refractivity contribution in [2.75, 3.05) is 23.5 Å². The Bertz CT molecular complexity index is 1480. The molecule has 0 saturated heterocycles. The van der Waals surface area contributed by atoms with E-state index in [4.69, 9.17) is 10.5 Å². The maximum absolute atomic E-state index is 13.9. The van der Waals surface area contributed by atoms with Crippen molar-refractivity contribution in [1.29, 1.82) is 0 Å². The lowest BCUT2D eigenvalue weighted by atomic mass is 10.0. The third-order valence-corrected chi connectivity index (χ3v) is 7.62. The number of carbonyl (C=O) groups excluding carboxylic acids is 3. The van der Waals surface area contributed by atoms with Gasteiger partial charge in [0, 0.05) is 28.8 Å². The summed E-state index contributed by atoms with van der Waals surface area (Å²) in [5.74, 6) is 1.35. The number of carbonyl (C=O) groups is 3. The number of anilines is 1. The minimum absolute atomic E-state index is 0.0254. The van der Waals surface area contributed by atoms with Crippen LogP contribution >= 0.6 is 11.8 Å². The van der Waals surface area contributed by atoms with E-state index in [1.807, 2.05) is 61.5 Å². The Kier molecular flexibility index (Phi) is 8.86. The van der Waals surface area contributed by atoms with Crippen molar-refractivity contribution >= 4 is 56.7 Å². The summed E-state index contributed by atoms with van der Waals surface area (Å²) in [6.07, 6.45) is 0.921. The van der Waals surface area contributed by atoms with Crippen LogP contribution < -0.4 is 15.4 Å². The van der Waals surface area contributed by atoms with Crippen molar-refractivity contribution in [1.82, 2.24) is 4.98 Å². The third kappa shape index (κ3) is 6.26. The number of fused-ring (bicyclic) bond motifs is 2. The zero-order valence-electron chi connectivity index (χ0n) is 22.0. The SMILES string of the molecule is COc1ccc2[nH]c(C)c(CC(=O)N(C(=O)[C@@H](N)CCSCCC(C)=O)c3ccc4ccccc4c3)c2c1. The quantitative estimate of drug-likeness (QED) is 0.259. The summed E-state index contributed by atoms with van der Waals surface area (Å²) in [6, 6.07) is 18.2. The van der Waals surface area contributed by atoms with Gasteiger partial charge in [-0.3, -0.25) is 14.4 Å². The molecular formula is C30H33N3O4S. The van der Waals surface area contributed by atoms with Crippen LogP contribution in [0.5, 0.6) is 5.75 Å². The van der Waals surface area contributed by atoms with Gasteiger partial charge < -0.3 is 15.5 Å². The molecule has 0 aliphatic carbocycles. The summed E-state index contributed by atoms with van der Waals surface area (Å²) >= 11 is 1.58. The number of aromatic nitrogens is 1. The van der Waals surface area contributed by atoms with Gasteiger partial charge in [0.1, 0.15) is 11.5 Å². The van der Waals surface area contributed by atoms with Gasteiger partial charge in [0.15, 0.2) is 0 Å². The normalized spacial score (nSPS) is 12.0. The highest BCUT2D eigenvalue weighted by atomic mass is 32.2. The van der Waals surface area contributed by atoms with E-state index in [0.29, 0.717) is 35.8 Å². The van der Waals surface area contributed by atoms with Crippen LogP contribution in [0, 0.1) is 6.92 Å². The molecule has 1 heterocycles. The Morgan fingerprint density at radius 1 is 1.03 bits per heavy atom. The second-order valence-corrected chi connectivity index (χ2v) is 10.6. The molecule has 1 atom stereocenters. The molecule has 3 aromatic carbocycles. The zero-order chi connectivity index (χ0) is 27.2. The third-order valence-electron chi connectivity index (χ3n) is 6.60. The average Bonchev–Trinajstić information content (AvgIpc) is 3.21. The minimum atomic E-state index is -0.848. The van der Waals surface area contributed by atoms with Crippen LogP contribution in [0.3, 0.4) is 0 Å². The number of methoxy groups -OCH3 is 1. The van der Waals surface area contributed by atoms with Crippen LogP contribution in [0.25, 0.3) is 21.7 Å². The topological polar surface area (TPSA) is 105 Å². The van der Waals surface area contributed by atoms with Crippen LogP contribution in [0.1, 0.15) is 31.0 Å². The fraction of sp³-hybridized carbons (Fsp3) is 0.300. The average molecular weight is 532 g/mol. The number of nitrogens with two attached hydrogens (primary N) is 1. The maximum Gasteiger partial charge on any atom is 0.250 e. The highest BCUT2D eigenvalue weighted by Gasteiger charge is 2.29. The number of thioether (sulfide) groups is 1. The number of aromatic amines is 1. The molecule has 0 aliphatic heterocycles. The van der Waals surface area contributed by atoms with Crippen molar-refractivity contribution < 1.29 is 19.1 Å². The van der Waals surface area contributed by atoms with E-state index >= 15 is 0 Å². The molecule has 2 amide bonds. The number of hydrogen-bond acceptors (Lipinski definition) is 6. The second kappa shape index (κ2) is 12.3. The van der Waals surface area contributed by atoms with E-state index in [-0.39, 0.29) is 18.1 Å². The first-order valence-corrected chi connectivity index (χ1v) is 13.8. The number of hydrogen-bond donors (Lipinski definition) is 2. The van der Waals surface area contributed by atoms with E-state index in [1.165, 1.54) is 4.90 Å². The number of ketones is 1. The Balaban J connectivity index is 1.63. The van der Waals surface area contributed by atoms with Crippen LogP contribution in [0.15, 0.2) is 60.7 Å².